The lowest BCUT2D eigenvalue weighted by atomic mass is 10.1. The number of hydrogen-bond donors (Lipinski definition) is 1. The van der Waals surface area contributed by atoms with Crippen LogP contribution in [0, 0.1) is 0 Å². The number of carbonyl (C=O) groups excluding carboxylic acids is 1. The first kappa shape index (κ1) is 16.7. The number of carbonyl (C=O) groups is 1. The van der Waals surface area contributed by atoms with Crippen molar-refractivity contribution in [2.45, 2.75) is 45.3 Å². The Labute approximate surface area is 127 Å². The number of sulfone groups is 1. The lowest BCUT2D eigenvalue weighted by Crippen LogP contribution is -2.57. The third-order valence-corrected chi connectivity index (χ3v) is 6.29. The first-order valence-electron chi connectivity index (χ1n) is 7.79. The third-order valence-electron chi connectivity index (χ3n) is 4.54. The molecule has 0 aromatic carbocycles. The smallest absolute Gasteiger partial charge is 0.237 e. The summed E-state index contributed by atoms with van der Waals surface area (Å²) in [5.74, 6) is 0.392. The lowest BCUT2D eigenvalue weighted by Gasteiger charge is -2.38. The molecule has 0 aromatic rings. The molecular formula is C14H27N3O3S. The van der Waals surface area contributed by atoms with E-state index in [4.69, 9.17) is 0 Å². The van der Waals surface area contributed by atoms with Crippen LogP contribution in [0.3, 0.4) is 0 Å². The van der Waals surface area contributed by atoms with Gasteiger partial charge in [-0.3, -0.25) is 9.69 Å². The summed E-state index contributed by atoms with van der Waals surface area (Å²) in [6.07, 6.45) is 0.579. The summed E-state index contributed by atoms with van der Waals surface area (Å²) in [5.41, 5.74) is 0. The molecule has 2 aliphatic rings. The van der Waals surface area contributed by atoms with Gasteiger partial charge in [0.2, 0.25) is 5.91 Å². The highest BCUT2D eigenvalue weighted by Gasteiger charge is 2.35. The van der Waals surface area contributed by atoms with E-state index in [1.807, 2.05) is 6.92 Å². The van der Waals surface area contributed by atoms with Gasteiger partial charge in [0, 0.05) is 37.8 Å². The minimum atomic E-state index is -2.95. The molecule has 0 spiro atoms. The minimum absolute atomic E-state index is 0.0561. The Balaban J connectivity index is 1.97. The predicted octanol–water partition coefficient (Wildman–Crippen LogP) is -0.296. The molecule has 0 radical (unpaired) electrons. The Hall–Kier alpha value is -0.660. The van der Waals surface area contributed by atoms with Crippen molar-refractivity contribution in [3.8, 4) is 0 Å². The molecule has 0 aliphatic carbocycles. The van der Waals surface area contributed by atoms with Crippen LogP contribution in [0.5, 0.6) is 0 Å². The number of rotatable bonds is 4. The second-order valence-electron chi connectivity index (χ2n) is 6.32. The van der Waals surface area contributed by atoms with Crippen LogP contribution in [0.25, 0.3) is 0 Å². The van der Waals surface area contributed by atoms with Gasteiger partial charge in [-0.25, -0.2) is 8.42 Å². The van der Waals surface area contributed by atoms with Gasteiger partial charge < -0.3 is 10.2 Å². The van der Waals surface area contributed by atoms with Gasteiger partial charge in [-0.05, 0) is 27.2 Å². The molecule has 0 aromatic heterocycles. The number of likely N-dealkylation sites (N-methyl/N-ethyl adjacent to an activating group) is 1. The fraction of sp³-hybridized carbons (Fsp3) is 0.929. The monoisotopic (exact) mass is 317 g/mol. The number of amides is 1. The van der Waals surface area contributed by atoms with Gasteiger partial charge in [0.25, 0.3) is 0 Å². The molecule has 6 nitrogen and oxygen atoms in total. The standard InChI is InChI=1S/C14H27N3O3S/c1-4-17(13-5-6-21(19,20)10-13)14(18)9-16-8-11(2)15-7-12(16)3/h11-13,15H,4-10H2,1-3H3. The molecule has 2 heterocycles. The number of hydrogen-bond acceptors (Lipinski definition) is 5. The van der Waals surface area contributed by atoms with E-state index in [9.17, 15) is 13.2 Å². The summed E-state index contributed by atoms with van der Waals surface area (Å²) < 4.78 is 23.2. The van der Waals surface area contributed by atoms with E-state index < -0.39 is 9.84 Å². The van der Waals surface area contributed by atoms with Gasteiger partial charge in [-0.1, -0.05) is 0 Å². The topological polar surface area (TPSA) is 69.7 Å². The normalized spacial score (nSPS) is 33.0. The predicted molar refractivity (Wildman–Crippen MR) is 82.9 cm³/mol. The largest absolute Gasteiger partial charge is 0.338 e. The van der Waals surface area contributed by atoms with Gasteiger partial charge in [0.05, 0.1) is 18.1 Å². The molecule has 0 saturated carbocycles. The Morgan fingerprint density at radius 3 is 2.67 bits per heavy atom. The van der Waals surface area contributed by atoms with E-state index >= 15 is 0 Å². The van der Waals surface area contributed by atoms with Crippen LogP contribution in [-0.2, 0) is 14.6 Å². The van der Waals surface area contributed by atoms with Gasteiger partial charge in [-0.15, -0.1) is 0 Å². The molecule has 2 fully saturated rings. The highest BCUT2D eigenvalue weighted by molar-refractivity contribution is 7.91. The molecule has 2 aliphatic heterocycles. The Morgan fingerprint density at radius 2 is 2.10 bits per heavy atom. The highest BCUT2D eigenvalue weighted by Crippen LogP contribution is 2.18. The van der Waals surface area contributed by atoms with Gasteiger partial charge >= 0.3 is 0 Å². The van der Waals surface area contributed by atoms with E-state index in [2.05, 4.69) is 24.1 Å². The molecule has 2 rings (SSSR count). The maximum absolute atomic E-state index is 12.6. The fourth-order valence-corrected chi connectivity index (χ4v) is 4.97. The molecule has 3 unspecified atom stereocenters. The highest BCUT2D eigenvalue weighted by atomic mass is 32.2. The first-order chi connectivity index (χ1) is 9.82. The van der Waals surface area contributed by atoms with E-state index in [1.54, 1.807) is 4.90 Å². The van der Waals surface area contributed by atoms with Crippen molar-refractivity contribution in [3.05, 3.63) is 0 Å². The van der Waals surface area contributed by atoms with E-state index in [1.165, 1.54) is 0 Å². The summed E-state index contributed by atoms with van der Waals surface area (Å²) in [4.78, 5) is 16.5. The van der Waals surface area contributed by atoms with Crippen molar-refractivity contribution in [1.82, 2.24) is 15.1 Å². The summed E-state index contributed by atoms with van der Waals surface area (Å²) >= 11 is 0. The zero-order chi connectivity index (χ0) is 15.6. The van der Waals surface area contributed by atoms with Gasteiger partial charge in [0.1, 0.15) is 0 Å². The molecule has 2 saturated heterocycles. The van der Waals surface area contributed by atoms with Crippen molar-refractivity contribution in [2.24, 2.45) is 0 Å². The second kappa shape index (κ2) is 6.62. The molecular weight excluding hydrogens is 290 g/mol. The molecule has 3 atom stereocenters. The van der Waals surface area contributed by atoms with Crippen LogP contribution in [0.2, 0.25) is 0 Å². The average molecular weight is 317 g/mol. The second-order valence-corrected chi connectivity index (χ2v) is 8.55. The van der Waals surface area contributed by atoms with Crippen LogP contribution in [-0.4, -0.2) is 79.9 Å². The van der Waals surface area contributed by atoms with Crippen molar-refractivity contribution in [3.63, 3.8) is 0 Å². The maximum Gasteiger partial charge on any atom is 0.237 e. The van der Waals surface area contributed by atoms with Crippen LogP contribution >= 0.6 is 0 Å². The molecule has 0 bridgehead atoms. The quantitative estimate of drug-likeness (QED) is 0.771. The molecule has 1 N–H and O–H groups in total. The summed E-state index contributed by atoms with van der Waals surface area (Å²) in [7, 11) is -2.95. The number of nitrogens with one attached hydrogen (secondary N) is 1. The fourth-order valence-electron chi connectivity index (χ4n) is 3.24. The molecule has 122 valence electrons. The lowest BCUT2D eigenvalue weighted by molar-refractivity contribution is -0.135. The Bertz CT molecular complexity index is 480. The molecule has 21 heavy (non-hydrogen) atoms. The average Bonchev–Trinajstić information content (AvgIpc) is 2.75. The third kappa shape index (κ3) is 4.17. The molecule has 1 amide bonds. The Morgan fingerprint density at radius 1 is 1.38 bits per heavy atom. The van der Waals surface area contributed by atoms with Crippen LogP contribution in [0.4, 0.5) is 0 Å². The van der Waals surface area contributed by atoms with Gasteiger partial charge in [0.15, 0.2) is 9.84 Å². The zero-order valence-electron chi connectivity index (χ0n) is 13.2. The number of piperazine rings is 1. The van der Waals surface area contributed by atoms with E-state index in [-0.39, 0.29) is 23.5 Å². The summed E-state index contributed by atoms with van der Waals surface area (Å²) in [6, 6.07) is 0.579. The maximum atomic E-state index is 12.6. The summed E-state index contributed by atoms with van der Waals surface area (Å²) in [6.45, 7) is 8.86. The summed E-state index contributed by atoms with van der Waals surface area (Å²) in [5, 5.41) is 3.40. The minimum Gasteiger partial charge on any atom is -0.338 e. The first-order valence-corrected chi connectivity index (χ1v) is 9.62. The van der Waals surface area contributed by atoms with Crippen LogP contribution in [0.15, 0.2) is 0 Å². The SMILES string of the molecule is CCN(C(=O)CN1CC(C)NCC1C)C1CCS(=O)(=O)C1. The van der Waals surface area contributed by atoms with E-state index in [0.717, 1.165) is 13.1 Å². The van der Waals surface area contributed by atoms with Crippen molar-refractivity contribution in [2.75, 3.05) is 37.7 Å². The van der Waals surface area contributed by atoms with Crippen LogP contribution < -0.4 is 5.32 Å². The van der Waals surface area contributed by atoms with Gasteiger partial charge in [-0.2, -0.15) is 0 Å². The van der Waals surface area contributed by atoms with Crippen LogP contribution in [0.1, 0.15) is 27.2 Å². The number of nitrogens with zero attached hydrogens (tertiary/aromatic N) is 2. The molecule has 7 heteroatoms. The Kier molecular flexibility index (Phi) is 5.27. The van der Waals surface area contributed by atoms with E-state index in [0.29, 0.717) is 31.6 Å². The van der Waals surface area contributed by atoms with Crippen molar-refractivity contribution in [1.29, 1.82) is 0 Å². The zero-order valence-corrected chi connectivity index (χ0v) is 14.0. The van der Waals surface area contributed by atoms with Crippen molar-refractivity contribution >= 4 is 15.7 Å². The van der Waals surface area contributed by atoms with Crippen molar-refractivity contribution < 1.29 is 13.2 Å².